The van der Waals surface area contributed by atoms with Crippen LogP contribution in [0.25, 0.3) is 11.3 Å². The summed E-state index contributed by atoms with van der Waals surface area (Å²) in [5.74, 6) is 2.18. The number of rotatable bonds is 9. The van der Waals surface area contributed by atoms with Crippen LogP contribution in [-0.4, -0.2) is 36.0 Å². The van der Waals surface area contributed by atoms with Crippen LogP contribution >= 0.6 is 11.6 Å². The van der Waals surface area contributed by atoms with Gasteiger partial charge in [-0.15, -0.1) is 0 Å². The summed E-state index contributed by atoms with van der Waals surface area (Å²) in [6.07, 6.45) is 3.28. The first-order chi connectivity index (χ1) is 14.0. The van der Waals surface area contributed by atoms with Gasteiger partial charge in [0.25, 0.3) is 0 Å². The molecule has 1 heterocycles. The lowest BCUT2D eigenvalue weighted by Crippen LogP contribution is -2.28. The summed E-state index contributed by atoms with van der Waals surface area (Å²) in [5, 5.41) is 0.673. The van der Waals surface area contributed by atoms with E-state index in [9.17, 15) is 4.79 Å². The molecule has 1 aromatic heterocycles. The fourth-order valence-electron chi connectivity index (χ4n) is 2.91. The molecule has 0 bridgehead atoms. The van der Waals surface area contributed by atoms with Crippen LogP contribution in [0.2, 0.25) is 5.02 Å². The second-order valence-corrected chi connectivity index (χ2v) is 7.34. The molecule has 152 valence electrons. The molecule has 0 saturated heterocycles. The highest BCUT2D eigenvalue weighted by Gasteiger charge is 2.12. The predicted molar refractivity (Wildman–Crippen MR) is 114 cm³/mol. The number of carbonyl (C=O) groups is 1. The second-order valence-electron chi connectivity index (χ2n) is 6.91. The predicted octanol–water partition coefficient (Wildman–Crippen LogP) is 5.16. The average Bonchev–Trinajstić information content (AvgIpc) is 3.20. The van der Waals surface area contributed by atoms with Gasteiger partial charge in [-0.2, -0.15) is 0 Å². The van der Waals surface area contributed by atoms with Crippen LogP contribution in [-0.2, 0) is 11.2 Å². The summed E-state index contributed by atoms with van der Waals surface area (Å²) in [7, 11) is 1.81. The van der Waals surface area contributed by atoms with Crippen LogP contribution in [0.15, 0.2) is 59.1 Å². The van der Waals surface area contributed by atoms with Crippen LogP contribution in [0, 0.1) is 6.92 Å². The van der Waals surface area contributed by atoms with Crippen LogP contribution in [0.3, 0.4) is 0 Å². The fourth-order valence-corrected chi connectivity index (χ4v) is 3.03. The molecule has 0 saturated carbocycles. The molecule has 0 aliphatic carbocycles. The summed E-state index contributed by atoms with van der Waals surface area (Å²) in [4.78, 5) is 18.3. The molecule has 6 heteroatoms. The fraction of sp³-hybridized carbons (Fsp3) is 0.304. The molecular formula is C23H25ClN2O3. The Morgan fingerprint density at radius 2 is 1.93 bits per heavy atom. The largest absolute Gasteiger partial charge is 0.493 e. The van der Waals surface area contributed by atoms with E-state index in [4.69, 9.17) is 20.8 Å². The minimum atomic E-state index is 0.0622. The molecular weight excluding hydrogens is 388 g/mol. The Morgan fingerprint density at radius 1 is 1.17 bits per heavy atom. The van der Waals surface area contributed by atoms with E-state index in [1.54, 1.807) is 23.2 Å². The van der Waals surface area contributed by atoms with E-state index < -0.39 is 0 Å². The molecule has 3 aromatic rings. The molecule has 0 spiro atoms. The highest BCUT2D eigenvalue weighted by atomic mass is 35.5. The van der Waals surface area contributed by atoms with E-state index in [0.29, 0.717) is 42.7 Å². The zero-order chi connectivity index (χ0) is 20.6. The number of nitrogens with zero attached hydrogens (tertiary/aromatic N) is 2. The molecule has 29 heavy (non-hydrogen) atoms. The number of ether oxygens (including phenoxy) is 1. The molecule has 3 rings (SSSR count). The van der Waals surface area contributed by atoms with Crippen molar-refractivity contribution in [2.24, 2.45) is 0 Å². The second kappa shape index (κ2) is 10.1. The van der Waals surface area contributed by atoms with Gasteiger partial charge in [-0.25, -0.2) is 4.98 Å². The van der Waals surface area contributed by atoms with E-state index in [0.717, 1.165) is 23.3 Å². The molecule has 0 aliphatic heterocycles. The third-order valence-corrected chi connectivity index (χ3v) is 4.90. The van der Waals surface area contributed by atoms with Gasteiger partial charge >= 0.3 is 0 Å². The summed E-state index contributed by atoms with van der Waals surface area (Å²) in [5.41, 5.74) is 2.02. The van der Waals surface area contributed by atoms with Gasteiger partial charge in [-0.1, -0.05) is 29.8 Å². The number of hydrogen-bond acceptors (Lipinski definition) is 4. The van der Waals surface area contributed by atoms with Gasteiger partial charge in [-0.05, 0) is 49.2 Å². The highest BCUT2D eigenvalue weighted by molar-refractivity contribution is 6.30. The van der Waals surface area contributed by atoms with Gasteiger partial charge in [-0.3, -0.25) is 4.79 Å². The van der Waals surface area contributed by atoms with Crippen molar-refractivity contribution in [1.29, 1.82) is 0 Å². The van der Waals surface area contributed by atoms with E-state index in [1.807, 2.05) is 50.4 Å². The topological polar surface area (TPSA) is 55.6 Å². The molecule has 1 amide bonds. The Labute approximate surface area is 176 Å². The van der Waals surface area contributed by atoms with Crippen molar-refractivity contribution in [2.75, 3.05) is 20.2 Å². The Balaban J connectivity index is 1.40. The van der Waals surface area contributed by atoms with Crippen molar-refractivity contribution in [3.63, 3.8) is 0 Å². The van der Waals surface area contributed by atoms with Crippen molar-refractivity contribution in [2.45, 2.75) is 26.2 Å². The number of aryl methyl sites for hydroxylation is 2. The van der Waals surface area contributed by atoms with Gasteiger partial charge in [0.05, 0.1) is 12.8 Å². The van der Waals surface area contributed by atoms with Crippen molar-refractivity contribution < 1.29 is 13.9 Å². The number of amides is 1. The van der Waals surface area contributed by atoms with Crippen LogP contribution < -0.4 is 4.74 Å². The Kier molecular flexibility index (Phi) is 7.30. The van der Waals surface area contributed by atoms with Gasteiger partial charge in [0, 0.05) is 37.0 Å². The SMILES string of the molecule is Cc1ccccc1OCCCN(C)C(=O)CCc1ncc(-c2ccc(Cl)cc2)o1. The third-order valence-electron chi connectivity index (χ3n) is 4.65. The van der Waals surface area contributed by atoms with Gasteiger partial charge in [0.15, 0.2) is 11.7 Å². The average molecular weight is 413 g/mol. The number of benzene rings is 2. The zero-order valence-electron chi connectivity index (χ0n) is 16.7. The first kappa shape index (κ1) is 20.9. The van der Waals surface area contributed by atoms with E-state index in [-0.39, 0.29) is 5.91 Å². The molecule has 2 aromatic carbocycles. The molecule has 5 nitrogen and oxygen atoms in total. The Morgan fingerprint density at radius 3 is 2.69 bits per heavy atom. The zero-order valence-corrected chi connectivity index (χ0v) is 17.5. The van der Waals surface area contributed by atoms with Crippen molar-refractivity contribution in [1.82, 2.24) is 9.88 Å². The van der Waals surface area contributed by atoms with Crippen molar-refractivity contribution in [3.8, 4) is 17.1 Å². The summed E-state index contributed by atoms with van der Waals surface area (Å²) >= 11 is 5.91. The lowest BCUT2D eigenvalue weighted by Gasteiger charge is -2.17. The number of hydrogen-bond donors (Lipinski definition) is 0. The van der Waals surface area contributed by atoms with Crippen LogP contribution in [0.1, 0.15) is 24.3 Å². The smallest absolute Gasteiger partial charge is 0.222 e. The first-order valence-corrected chi connectivity index (χ1v) is 10.0. The standard InChI is InChI=1S/C23H25ClN2O3/c1-17-6-3-4-7-20(17)28-15-5-14-26(2)23(27)13-12-22-25-16-21(29-22)18-8-10-19(24)11-9-18/h3-4,6-11,16H,5,12-15H2,1-2H3. The lowest BCUT2D eigenvalue weighted by molar-refractivity contribution is -0.130. The molecule has 0 aliphatic rings. The quantitative estimate of drug-likeness (QED) is 0.455. The number of halogens is 1. The van der Waals surface area contributed by atoms with Crippen LogP contribution in [0.5, 0.6) is 5.75 Å². The third kappa shape index (κ3) is 6.09. The Hall–Kier alpha value is -2.79. The van der Waals surface area contributed by atoms with Crippen molar-refractivity contribution >= 4 is 17.5 Å². The number of para-hydroxylation sites is 1. The minimum absolute atomic E-state index is 0.0622. The van der Waals surface area contributed by atoms with Gasteiger partial charge in [0.1, 0.15) is 5.75 Å². The van der Waals surface area contributed by atoms with Gasteiger partial charge < -0.3 is 14.1 Å². The molecule has 0 N–H and O–H groups in total. The monoisotopic (exact) mass is 412 g/mol. The highest BCUT2D eigenvalue weighted by Crippen LogP contribution is 2.23. The summed E-state index contributed by atoms with van der Waals surface area (Å²) in [6.45, 7) is 3.24. The Bertz CT molecular complexity index is 937. The molecule has 0 fully saturated rings. The van der Waals surface area contributed by atoms with Crippen LogP contribution in [0.4, 0.5) is 0 Å². The molecule has 0 radical (unpaired) electrons. The summed E-state index contributed by atoms with van der Waals surface area (Å²) < 4.78 is 11.5. The maximum absolute atomic E-state index is 12.3. The van der Waals surface area contributed by atoms with Crippen molar-refractivity contribution in [3.05, 3.63) is 71.2 Å². The number of carbonyl (C=O) groups excluding carboxylic acids is 1. The normalized spacial score (nSPS) is 10.7. The number of aromatic nitrogens is 1. The maximum Gasteiger partial charge on any atom is 0.222 e. The minimum Gasteiger partial charge on any atom is -0.493 e. The van der Waals surface area contributed by atoms with E-state index >= 15 is 0 Å². The molecule has 0 unspecified atom stereocenters. The van der Waals surface area contributed by atoms with E-state index in [2.05, 4.69) is 4.98 Å². The molecule has 0 atom stereocenters. The van der Waals surface area contributed by atoms with E-state index in [1.165, 1.54) is 0 Å². The first-order valence-electron chi connectivity index (χ1n) is 9.66. The summed E-state index contributed by atoms with van der Waals surface area (Å²) in [6, 6.07) is 15.3. The number of oxazole rings is 1. The maximum atomic E-state index is 12.3. The van der Waals surface area contributed by atoms with Gasteiger partial charge in [0.2, 0.25) is 5.91 Å². The lowest BCUT2D eigenvalue weighted by atomic mass is 10.2.